The molecule has 2 aliphatic carbocycles. The molecule has 0 aliphatic heterocycles. The molecular weight excluding hydrogens is 555 g/mol. The lowest BCUT2D eigenvalue weighted by molar-refractivity contribution is -0.0188. The molecular formula is C45H81N. The van der Waals surface area contributed by atoms with Gasteiger partial charge in [0.1, 0.15) is 0 Å². The lowest BCUT2D eigenvalue weighted by Crippen LogP contribution is -2.58. The van der Waals surface area contributed by atoms with E-state index in [9.17, 15) is 0 Å². The molecule has 2 N–H and O–H groups in total. The van der Waals surface area contributed by atoms with Crippen LogP contribution in [0, 0.1) is 47.3 Å². The van der Waals surface area contributed by atoms with Crippen LogP contribution in [0.4, 0.5) is 0 Å². The first-order valence-corrected chi connectivity index (χ1v) is 21.1. The van der Waals surface area contributed by atoms with Gasteiger partial charge in [0, 0.05) is 5.54 Å². The summed E-state index contributed by atoms with van der Waals surface area (Å²) in [5, 5.41) is 0. The monoisotopic (exact) mass is 636 g/mol. The number of benzene rings is 1. The maximum Gasteiger partial charge on any atom is 0.0475 e. The zero-order valence-electron chi connectivity index (χ0n) is 32.3. The Hall–Kier alpha value is -0.820. The van der Waals surface area contributed by atoms with Gasteiger partial charge in [0.2, 0.25) is 0 Å². The molecule has 2 fully saturated rings. The van der Waals surface area contributed by atoms with Crippen LogP contribution >= 0.6 is 0 Å². The Kier molecular flexibility index (Phi) is 18.3. The molecule has 0 bridgehead atoms. The normalized spacial score (nSPS) is 26.9. The van der Waals surface area contributed by atoms with Crippen LogP contribution in [0.15, 0.2) is 24.3 Å². The number of hydrogen-bond acceptors (Lipinski definition) is 1. The van der Waals surface area contributed by atoms with E-state index >= 15 is 0 Å². The topological polar surface area (TPSA) is 26.0 Å². The van der Waals surface area contributed by atoms with E-state index in [1.54, 1.807) is 11.1 Å². The molecule has 1 nitrogen and oxygen atoms in total. The van der Waals surface area contributed by atoms with E-state index in [0.29, 0.717) is 23.7 Å². The van der Waals surface area contributed by atoms with Crippen molar-refractivity contribution in [3.05, 3.63) is 35.4 Å². The fourth-order valence-corrected chi connectivity index (χ4v) is 10.2. The molecule has 2 aliphatic rings. The molecule has 0 radical (unpaired) electrons. The van der Waals surface area contributed by atoms with Crippen molar-refractivity contribution in [3.8, 4) is 0 Å². The Morgan fingerprint density at radius 1 is 0.587 bits per heavy atom. The van der Waals surface area contributed by atoms with Gasteiger partial charge in [-0.25, -0.2) is 0 Å². The molecule has 1 heteroatoms. The van der Waals surface area contributed by atoms with Crippen LogP contribution in [0.1, 0.15) is 201 Å². The Morgan fingerprint density at radius 3 is 1.39 bits per heavy atom. The highest BCUT2D eigenvalue weighted by atomic mass is 14.8. The van der Waals surface area contributed by atoms with Crippen LogP contribution in [-0.2, 0) is 12.0 Å². The first kappa shape index (κ1) is 39.6. The lowest BCUT2D eigenvalue weighted by atomic mass is 9.51. The average molecular weight is 636 g/mol. The smallest absolute Gasteiger partial charge is 0.0475 e. The number of nitrogens with two attached hydrogens (primary N) is 1. The molecule has 46 heavy (non-hydrogen) atoms. The molecule has 0 heterocycles. The first-order valence-electron chi connectivity index (χ1n) is 21.1. The van der Waals surface area contributed by atoms with Gasteiger partial charge in [-0.3, -0.25) is 0 Å². The standard InChI is InChI=1S/C45H81N/c1-8-9-10-11-12-13-14-15-16-17-18-19-20-21-22-23-26-39-27-24-25-28-42(39)45(46,43-33-37(6)29-31-40(43)35(2)3)44-34-38(7)30-32-41(44)36(4)5/h24-25,27-28,35-38,40-41,43-44H,8-23,26,29-34,46H2,1-7H3. The predicted octanol–water partition coefficient (Wildman–Crippen LogP) is 14.1. The van der Waals surface area contributed by atoms with Crippen molar-refractivity contribution in [1.29, 1.82) is 0 Å². The van der Waals surface area contributed by atoms with Gasteiger partial charge in [-0.05, 0) is 97.0 Å². The van der Waals surface area contributed by atoms with Gasteiger partial charge < -0.3 is 5.73 Å². The molecule has 0 spiro atoms. The van der Waals surface area contributed by atoms with Crippen LogP contribution in [0.5, 0.6) is 0 Å². The fourth-order valence-electron chi connectivity index (χ4n) is 10.2. The van der Waals surface area contributed by atoms with Crippen molar-refractivity contribution >= 4 is 0 Å². The van der Waals surface area contributed by atoms with E-state index in [1.807, 2.05) is 0 Å². The van der Waals surface area contributed by atoms with E-state index in [0.717, 1.165) is 23.7 Å². The summed E-state index contributed by atoms with van der Waals surface area (Å²) in [6.45, 7) is 17.3. The molecule has 0 amide bonds. The van der Waals surface area contributed by atoms with E-state index in [1.165, 1.54) is 148 Å². The third-order valence-corrected chi connectivity index (χ3v) is 13.1. The average Bonchev–Trinajstić information content (AvgIpc) is 3.04. The highest BCUT2D eigenvalue weighted by Gasteiger charge is 2.53. The Balaban J connectivity index is 1.58. The van der Waals surface area contributed by atoms with E-state index < -0.39 is 0 Å². The van der Waals surface area contributed by atoms with Gasteiger partial charge in [0.25, 0.3) is 0 Å². The largest absolute Gasteiger partial charge is 0.321 e. The molecule has 6 atom stereocenters. The molecule has 0 aromatic heterocycles. The second-order valence-electron chi connectivity index (χ2n) is 17.5. The Morgan fingerprint density at radius 2 is 0.978 bits per heavy atom. The highest BCUT2D eigenvalue weighted by molar-refractivity contribution is 5.36. The van der Waals surface area contributed by atoms with E-state index in [-0.39, 0.29) is 5.54 Å². The summed E-state index contributed by atoms with van der Waals surface area (Å²) in [6.07, 6.45) is 32.2. The van der Waals surface area contributed by atoms with Crippen LogP contribution < -0.4 is 5.73 Å². The molecule has 6 unspecified atom stereocenters. The van der Waals surface area contributed by atoms with Crippen molar-refractivity contribution in [2.45, 2.75) is 202 Å². The maximum atomic E-state index is 8.21. The number of aryl methyl sites for hydroxylation is 1. The molecule has 2 saturated carbocycles. The zero-order chi connectivity index (χ0) is 33.4. The molecule has 0 saturated heterocycles. The molecule has 1 aromatic carbocycles. The van der Waals surface area contributed by atoms with Crippen molar-refractivity contribution in [3.63, 3.8) is 0 Å². The van der Waals surface area contributed by atoms with Gasteiger partial charge in [-0.15, -0.1) is 0 Å². The van der Waals surface area contributed by atoms with Gasteiger partial charge in [0.15, 0.2) is 0 Å². The summed E-state index contributed by atoms with van der Waals surface area (Å²) in [5.74, 6) is 5.60. The summed E-state index contributed by atoms with van der Waals surface area (Å²) in [6, 6.07) is 9.59. The van der Waals surface area contributed by atoms with E-state index in [2.05, 4.69) is 72.7 Å². The quantitative estimate of drug-likeness (QED) is 0.126. The van der Waals surface area contributed by atoms with Gasteiger partial charge in [-0.1, -0.05) is 182 Å². The fraction of sp³-hybridized carbons (Fsp3) is 0.867. The van der Waals surface area contributed by atoms with Crippen molar-refractivity contribution in [1.82, 2.24) is 0 Å². The summed E-state index contributed by atoms with van der Waals surface area (Å²) >= 11 is 0. The third kappa shape index (κ3) is 11.9. The lowest BCUT2D eigenvalue weighted by Gasteiger charge is -2.56. The second kappa shape index (κ2) is 21.3. The molecule has 1 aromatic rings. The van der Waals surface area contributed by atoms with Gasteiger partial charge in [-0.2, -0.15) is 0 Å². The van der Waals surface area contributed by atoms with Crippen LogP contribution in [-0.4, -0.2) is 0 Å². The third-order valence-electron chi connectivity index (χ3n) is 13.1. The minimum atomic E-state index is -0.223. The second-order valence-corrected chi connectivity index (χ2v) is 17.5. The Labute approximate surface area is 289 Å². The number of rotatable bonds is 22. The summed E-state index contributed by atoms with van der Waals surface area (Å²) in [5.41, 5.74) is 11.1. The minimum Gasteiger partial charge on any atom is -0.321 e. The van der Waals surface area contributed by atoms with Gasteiger partial charge >= 0.3 is 0 Å². The first-order chi connectivity index (χ1) is 22.2. The van der Waals surface area contributed by atoms with Crippen molar-refractivity contribution in [2.75, 3.05) is 0 Å². The summed E-state index contributed by atoms with van der Waals surface area (Å²) in [7, 11) is 0. The summed E-state index contributed by atoms with van der Waals surface area (Å²) in [4.78, 5) is 0. The number of hydrogen-bond donors (Lipinski definition) is 1. The predicted molar refractivity (Wildman–Crippen MR) is 205 cm³/mol. The maximum absolute atomic E-state index is 8.21. The van der Waals surface area contributed by atoms with Crippen LogP contribution in [0.2, 0.25) is 0 Å². The number of unbranched alkanes of at least 4 members (excludes halogenated alkanes) is 15. The minimum absolute atomic E-state index is 0.223. The molecule has 3 rings (SSSR count). The SMILES string of the molecule is CCCCCCCCCCCCCCCCCCc1ccccc1C(N)(C1CC(C)CCC1C(C)C)C1CC(C)CCC1C(C)C. The summed E-state index contributed by atoms with van der Waals surface area (Å²) < 4.78 is 0. The van der Waals surface area contributed by atoms with E-state index in [4.69, 9.17) is 5.73 Å². The highest BCUT2D eigenvalue weighted by Crippen LogP contribution is 2.55. The Bertz CT molecular complexity index is 883. The van der Waals surface area contributed by atoms with Crippen molar-refractivity contribution in [2.24, 2.45) is 53.1 Å². The zero-order valence-corrected chi connectivity index (χ0v) is 32.3. The molecule has 266 valence electrons. The van der Waals surface area contributed by atoms with Crippen molar-refractivity contribution < 1.29 is 0 Å². The van der Waals surface area contributed by atoms with Gasteiger partial charge in [0.05, 0.1) is 0 Å². The van der Waals surface area contributed by atoms with Crippen LogP contribution in [0.3, 0.4) is 0 Å². The van der Waals surface area contributed by atoms with Crippen LogP contribution in [0.25, 0.3) is 0 Å².